The summed E-state index contributed by atoms with van der Waals surface area (Å²) in [6, 6.07) is 21.6. The zero-order valence-electron chi connectivity index (χ0n) is 21.9. The molecule has 0 bridgehead atoms. The first-order valence-electron chi connectivity index (χ1n) is 13.5. The number of hydrogen-bond acceptors (Lipinski definition) is 4. The number of methoxy groups -OCH3 is 1. The third-order valence-electron chi connectivity index (χ3n) is 8.50. The number of fused-ring (bicyclic) bond motifs is 3. The number of hydrogen-bond donors (Lipinski definition) is 1. The molecule has 1 saturated carbocycles. The molecule has 0 amide bonds. The van der Waals surface area contributed by atoms with Crippen molar-refractivity contribution in [1.29, 1.82) is 0 Å². The van der Waals surface area contributed by atoms with E-state index < -0.39 is 5.60 Å². The summed E-state index contributed by atoms with van der Waals surface area (Å²) in [5.74, 6) is 2.02. The van der Waals surface area contributed by atoms with Gasteiger partial charge in [0.1, 0.15) is 12.4 Å². The van der Waals surface area contributed by atoms with Crippen LogP contribution in [0.4, 0.5) is 0 Å². The van der Waals surface area contributed by atoms with E-state index >= 15 is 0 Å². The Bertz CT molecular complexity index is 1190. The topological polar surface area (TPSA) is 51.6 Å². The first kappa shape index (κ1) is 24.8. The van der Waals surface area contributed by atoms with Crippen molar-refractivity contribution in [3.05, 3.63) is 88.6 Å². The quantitative estimate of drug-likeness (QED) is 0.384. The van der Waals surface area contributed by atoms with Crippen LogP contribution >= 0.6 is 0 Å². The minimum atomic E-state index is -0.510. The summed E-state index contributed by atoms with van der Waals surface area (Å²) in [5.41, 5.74) is 5.80. The summed E-state index contributed by atoms with van der Waals surface area (Å²) in [6.45, 7) is 4.64. The van der Waals surface area contributed by atoms with Gasteiger partial charge in [0.15, 0.2) is 0 Å². The lowest BCUT2D eigenvalue weighted by molar-refractivity contribution is -0.0565. The van der Waals surface area contributed by atoms with E-state index in [1.165, 1.54) is 16.7 Å². The molecule has 2 aliphatic carbocycles. The van der Waals surface area contributed by atoms with Crippen LogP contribution in [-0.4, -0.2) is 22.8 Å². The summed E-state index contributed by atoms with van der Waals surface area (Å²) in [5, 5.41) is 11.4. The Hall–Kier alpha value is -2.85. The van der Waals surface area contributed by atoms with Crippen LogP contribution in [-0.2, 0) is 24.9 Å². The van der Waals surface area contributed by atoms with Crippen molar-refractivity contribution in [3.63, 3.8) is 0 Å². The SMILES string of the molecule is CCC[C@@]1(O)CC[C@@]2(Cc3ccccc3)c3ccc(OCc4cc(C)nc(OC)c4)cc3CC[C@@H]2C1. The fraction of sp³-hybridized carbons (Fsp3) is 0.469. The van der Waals surface area contributed by atoms with Crippen LogP contribution in [0.1, 0.15) is 73.4 Å². The van der Waals surface area contributed by atoms with Crippen LogP contribution in [0.3, 0.4) is 0 Å². The number of ether oxygens (including phenoxy) is 2. The maximum absolute atomic E-state index is 11.4. The van der Waals surface area contributed by atoms with Gasteiger partial charge in [0.25, 0.3) is 0 Å². The highest BCUT2D eigenvalue weighted by atomic mass is 16.5. The Balaban J connectivity index is 1.43. The monoisotopic (exact) mass is 485 g/mol. The van der Waals surface area contributed by atoms with Gasteiger partial charge in [-0.1, -0.05) is 49.7 Å². The lowest BCUT2D eigenvalue weighted by Crippen LogP contribution is -2.51. The number of benzene rings is 2. The molecule has 190 valence electrons. The van der Waals surface area contributed by atoms with Gasteiger partial charge in [0, 0.05) is 17.2 Å². The summed E-state index contributed by atoms with van der Waals surface area (Å²) < 4.78 is 11.6. The molecule has 0 spiro atoms. The molecule has 1 N–H and O–H groups in total. The molecule has 0 saturated heterocycles. The van der Waals surface area contributed by atoms with Crippen molar-refractivity contribution in [2.45, 2.75) is 82.8 Å². The van der Waals surface area contributed by atoms with Gasteiger partial charge in [0.2, 0.25) is 5.88 Å². The highest BCUT2D eigenvalue weighted by molar-refractivity contribution is 5.45. The van der Waals surface area contributed by atoms with Gasteiger partial charge >= 0.3 is 0 Å². The molecule has 5 rings (SSSR count). The van der Waals surface area contributed by atoms with Crippen molar-refractivity contribution >= 4 is 0 Å². The van der Waals surface area contributed by atoms with Crippen LogP contribution < -0.4 is 9.47 Å². The smallest absolute Gasteiger partial charge is 0.213 e. The van der Waals surface area contributed by atoms with E-state index in [9.17, 15) is 5.11 Å². The summed E-state index contributed by atoms with van der Waals surface area (Å²) in [6.07, 6.45) is 7.96. The Morgan fingerprint density at radius 1 is 1.03 bits per heavy atom. The Morgan fingerprint density at radius 3 is 2.64 bits per heavy atom. The number of pyridine rings is 1. The Morgan fingerprint density at radius 2 is 1.86 bits per heavy atom. The normalized spacial score (nSPS) is 25.1. The highest BCUT2D eigenvalue weighted by Crippen LogP contribution is 2.55. The second kappa shape index (κ2) is 10.3. The van der Waals surface area contributed by atoms with Crippen LogP contribution in [0.15, 0.2) is 60.7 Å². The first-order valence-corrected chi connectivity index (χ1v) is 13.5. The molecule has 2 aliphatic rings. The summed E-state index contributed by atoms with van der Waals surface area (Å²) in [7, 11) is 1.64. The maximum Gasteiger partial charge on any atom is 0.213 e. The fourth-order valence-electron chi connectivity index (χ4n) is 6.87. The molecule has 4 nitrogen and oxygen atoms in total. The van der Waals surface area contributed by atoms with Crippen LogP contribution in [0, 0.1) is 12.8 Å². The van der Waals surface area contributed by atoms with Gasteiger partial charge in [-0.15, -0.1) is 0 Å². The van der Waals surface area contributed by atoms with Gasteiger partial charge in [-0.2, -0.15) is 0 Å². The minimum Gasteiger partial charge on any atom is -0.489 e. The van der Waals surface area contributed by atoms with Gasteiger partial charge in [-0.3, -0.25) is 0 Å². The van der Waals surface area contributed by atoms with E-state index in [-0.39, 0.29) is 5.41 Å². The second-order valence-electron chi connectivity index (χ2n) is 11.0. The number of aromatic nitrogens is 1. The lowest BCUT2D eigenvalue weighted by atomic mass is 9.52. The maximum atomic E-state index is 11.4. The average molecular weight is 486 g/mol. The van der Waals surface area contributed by atoms with E-state index in [2.05, 4.69) is 60.4 Å². The molecule has 0 aliphatic heterocycles. The largest absolute Gasteiger partial charge is 0.489 e. The molecular formula is C32H39NO3. The van der Waals surface area contributed by atoms with Crippen molar-refractivity contribution in [3.8, 4) is 11.6 Å². The molecule has 36 heavy (non-hydrogen) atoms. The van der Waals surface area contributed by atoms with E-state index in [0.717, 1.165) is 68.4 Å². The molecule has 2 aromatic carbocycles. The second-order valence-corrected chi connectivity index (χ2v) is 11.0. The third kappa shape index (κ3) is 5.01. The van der Waals surface area contributed by atoms with E-state index in [4.69, 9.17) is 9.47 Å². The zero-order valence-corrected chi connectivity index (χ0v) is 21.9. The molecule has 1 aromatic heterocycles. The molecular weight excluding hydrogens is 446 g/mol. The average Bonchev–Trinajstić information content (AvgIpc) is 2.88. The van der Waals surface area contributed by atoms with Crippen molar-refractivity contribution in [2.75, 3.05) is 7.11 Å². The molecule has 1 heterocycles. The Labute approximate surface area is 215 Å². The van der Waals surface area contributed by atoms with Crippen molar-refractivity contribution in [1.82, 2.24) is 4.98 Å². The lowest BCUT2D eigenvalue weighted by Gasteiger charge is -2.53. The fourth-order valence-corrected chi connectivity index (χ4v) is 6.87. The molecule has 4 heteroatoms. The number of aliphatic hydroxyl groups is 1. The summed E-state index contributed by atoms with van der Waals surface area (Å²) in [4.78, 5) is 4.37. The number of rotatable bonds is 8. The van der Waals surface area contributed by atoms with Crippen molar-refractivity contribution in [2.24, 2.45) is 5.92 Å². The molecule has 1 fully saturated rings. The van der Waals surface area contributed by atoms with Gasteiger partial charge in [0.05, 0.1) is 12.7 Å². The predicted molar refractivity (Wildman–Crippen MR) is 144 cm³/mol. The number of aryl methyl sites for hydroxylation is 2. The Kier molecular flexibility index (Phi) is 7.07. The highest BCUT2D eigenvalue weighted by Gasteiger charge is 2.51. The molecule has 0 radical (unpaired) electrons. The zero-order chi connectivity index (χ0) is 25.2. The van der Waals surface area contributed by atoms with Crippen LogP contribution in [0.2, 0.25) is 0 Å². The molecule has 3 aromatic rings. The van der Waals surface area contributed by atoms with Crippen LogP contribution in [0.25, 0.3) is 0 Å². The van der Waals surface area contributed by atoms with Crippen LogP contribution in [0.5, 0.6) is 11.6 Å². The first-order chi connectivity index (χ1) is 17.4. The number of nitrogens with zero attached hydrogens (tertiary/aromatic N) is 1. The van der Waals surface area contributed by atoms with E-state index in [1.54, 1.807) is 7.11 Å². The van der Waals surface area contributed by atoms with Gasteiger partial charge < -0.3 is 14.6 Å². The van der Waals surface area contributed by atoms with Gasteiger partial charge in [-0.25, -0.2) is 4.98 Å². The van der Waals surface area contributed by atoms with E-state index in [1.807, 2.05) is 19.1 Å². The van der Waals surface area contributed by atoms with E-state index in [0.29, 0.717) is 18.4 Å². The molecule has 3 atom stereocenters. The standard InChI is InChI=1S/C32H39NO3/c1-4-14-31(34)15-16-32(20-24-8-6-5-7-9-24)27(21-31)11-10-26-19-28(12-13-29(26)32)36-22-25-17-23(2)33-30(18-25)35-3/h5-9,12-13,17-19,27,34H,4,10-11,14-16,20-22H2,1-3H3/t27-,31-,32+/m1/s1. The van der Waals surface area contributed by atoms with Gasteiger partial charge in [-0.05, 0) is 98.2 Å². The summed E-state index contributed by atoms with van der Waals surface area (Å²) >= 11 is 0. The third-order valence-corrected chi connectivity index (χ3v) is 8.50. The predicted octanol–water partition coefficient (Wildman–Crippen LogP) is 6.74. The molecule has 0 unspecified atom stereocenters. The minimum absolute atomic E-state index is 0.0724. The van der Waals surface area contributed by atoms with Crippen molar-refractivity contribution < 1.29 is 14.6 Å².